The highest BCUT2D eigenvalue weighted by molar-refractivity contribution is 5.83. The summed E-state index contributed by atoms with van der Waals surface area (Å²) < 4.78 is 5.38. The van der Waals surface area contributed by atoms with Crippen molar-refractivity contribution in [1.82, 2.24) is 14.9 Å². The molecule has 2 N–H and O–H groups in total. The molecule has 198 valence electrons. The van der Waals surface area contributed by atoms with Crippen LogP contribution in [-0.2, 0) is 11.2 Å². The Balaban J connectivity index is 1.32. The molecule has 1 aromatic carbocycles. The van der Waals surface area contributed by atoms with Gasteiger partial charge in [-0.3, -0.25) is 14.8 Å². The van der Waals surface area contributed by atoms with Crippen LogP contribution in [0.2, 0.25) is 0 Å². The fourth-order valence-electron chi connectivity index (χ4n) is 5.68. The molecule has 7 nitrogen and oxygen atoms in total. The van der Waals surface area contributed by atoms with Crippen LogP contribution in [0.1, 0.15) is 62.2 Å². The third-order valence-corrected chi connectivity index (χ3v) is 7.80. The van der Waals surface area contributed by atoms with Crippen LogP contribution in [0.3, 0.4) is 0 Å². The molecule has 0 spiro atoms. The molecule has 1 aliphatic rings. The molecule has 0 bridgehead atoms. The summed E-state index contributed by atoms with van der Waals surface area (Å²) in [5, 5.41) is 21.4. The smallest absolute Gasteiger partial charge is 0.303 e. The Labute approximate surface area is 219 Å². The van der Waals surface area contributed by atoms with Crippen LogP contribution in [-0.4, -0.2) is 57.8 Å². The molecule has 0 aliphatic carbocycles. The Morgan fingerprint density at radius 3 is 2.73 bits per heavy atom. The highest BCUT2D eigenvalue weighted by atomic mass is 16.5. The number of benzene rings is 1. The maximum atomic E-state index is 11.3. The number of likely N-dealkylation sites (tertiary alicyclic amines) is 1. The van der Waals surface area contributed by atoms with Gasteiger partial charge in [-0.15, -0.1) is 0 Å². The number of rotatable bonds is 13. The van der Waals surface area contributed by atoms with Crippen LogP contribution >= 0.6 is 0 Å². The fraction of sp³-hybridized carbons (Fsp3) is 0.500. The van der Waals surface area contributed by atoms with E-state index in [1.165, 1.54) is 5.56 Å². The molecule has 0 amide bonds. The molecule has 3 aromatic rings. The summed E-state index contributed by atoms with van der Waals surface area (Å²) in [5.41, 5.74) is 3.04. The first kappa shape index (κ1) is 27.0. The minimum Gasteiger partial charge on any atom is -0.497 e. The van der Waals surface area contributed by atoms with Crippen molar-refractivity contribution < 1.29 is 19.7 Å². The maximum Gasteiger partial charge on any atom is 0.303 e. The second-order valence-electron chi connectivity index (χ2n) is 10.2. The zero-order valence-electron chi connectivity index (χ0n) is 21.8. The molecule has 1 saturated heterocycles. The van der Waals surface area contributed by atoms with Gasteiger partial charge in [-0.05, 0) is 117 Å². The normalized spacial score (nSPS) is 19.1. The van der Waals surface area contributed by atoms with E-state index in [2.05, 4.69) is 27.0 Å². The summed E-state index contributed by atoms with van der Waals surface area (Å²) in [6.07, 6.45) is 11.7. The number of aryl methyl sites for hydroxylation is 1. The minimum absolute atomic E-state index is 0.203. The first-order chi connectivity index (χ1) is 18.0. The Hall–Kier alpha value is -3.03. The average molecular weight is 506 g/mol. The van der Waals surface area contributed by atoms with E-state index in [9.17, 15) is 15.0 Å². The van der Waals surface area contributed by atoms with Crippen LogP contribution in [0.15, 0.2) is 55.0 Å². The lowest BCUT2D eigenvalue weighted by Crippen LogP contribution is -2.41. The van der Waals surface area contributed by atoms with Crippen molar-refractivity contribution in [3.8, 4) is 5.75 Å². The molecule has 3 heterocycles. The van der Waals surface area contributed by atoms with Gasteiger partial charge < -0.3 is 19.8 Å². The number of aromatic nitrogens is 2. The van der Waals surface area contributed by atoms with E-state index in [-0.39, 0.29) is 6.42 Å². The van der Waals surface area contributed by atoms with Crippen molar-refractivity contribution in [2.45, 2.75) is 57.5 Å². The number of ether oxygens (including phenoxy) is 1. The highest BCUT2D eigenvalue weighted by Gasteiger charge is 2.30. The van der Waals surface area contributed by atoms with Crippen molar-refractivity contribution in [3.63, 3.8) is 0 Å². The van der Waals surface area contributed by atoms with Gasteiger partial charge in [0.05, 0.1) is 18.7 Å². The SMILES string of the molecule is COc1ccc2nccc([C@H](O)CC[C@@H]3CCN(CCCCc4ccncc4)C[C@H]3CCC(=O)O)c2c1. The zero-order valence-corrected chi connectivity index (χ0v) is 21.8. The van der Waals surface area contributed by atoms with Crippen LogP contribution in [0.25, 0.3) is 10.9 Å². The third-order valence-electron chi connectivity index (χ3n) is 7.80. The molecule has 2 aromatic heterocycles. The van der Waals surface area contributed by atoms with Crippen LogP contribution in [0.5, 0.6) is 5.75 Å². The van der Waals surface area contributed by atoms with Gasteiger partial charge in [0.25, 0.3) is 0 Å². The topological polar surface area (TPSA) is 95.8 Å². The quantitative estimate of drug-likeness (QED) is 0.305. The second-order valence-corrected chi connectivity index (χ2v) is 10.2. The van der Waals surface area contributed by atoms with Crippen molar-refractivity contribution in [1.29, 1.82) is 0 Å². The van der Waals surface area contributed by atoms with E-state index in [0.29, 0.717) is 24.7 Å². The van der Waals surface area contributed by atoms with Gasteiger partial charge in [-0.1, -0.05) is 0 Å². The monoisotopic (exact) mass is 505 g/mol. The lowest BCUT2D eigenvalue weighted by molar-refractivity contribution is -0.137. The molecule has 0 saturated carbocycles. The van der Waals surface area contributed by atoms with E-state index < -0.39 is 12.1 Å². The highest BCUT2D eigenvalue weighted by Crippen LogP contribution is 2.35. The number of fused-ring (bicyclic) bond motifs is 1. The number of hydrogen-bond acceptors (Lipinski definition) is 6. The lowest BCUT2D eigenvalue weighted by atomic mass is 9.79. The molecule has 3 atom stereocenters. The summed E-state index contributed by atoms with van der Waals surface area (Å²) in [6, 6.07) is 11.8. The summed E-state index contributed by atoms with van der Waals surface area (Å²) in [7, 11) is 1.64. The number of piperidine rings is 1. The van der Waals surface area contributed by atoms with E-state index in [0.717, 1.165) is 74.0 Å². The summed E-state index contributed by atoms with van der Waals surface area (Å²) >= 11 is 0. The van der Waals surface area contributed by atoms with Crippen molar-refractivity contribution in [2.75, 3.05) is 26.7 Å². The van der Waals surface area contributed by atoms with E-state index in [4.69, 9.17) is 4.74 Å². The number of aliphatic hydroxyl groups excluding tert-OH is 1. The number of aliphatic hydroxyl groups is 1. The molecule has 1 fully saturated rings. The van der Waals surface area contributed by atoms with E-state index in [1.807, 2.05) is 36.7 Å². The molecule has 0 radical (unpaired) electrons. The molecule has 1 aliphatic heterocycles. The number of carboxylic acids is 1. The van der Waals surface area contributed by atoms with E-state index in [1.54, 1.807) is 13.3 Å². The largest absolute Gasteiger partial charge is 0.497 e. The molecule has 37 heavy (non-hydrogen) atoms. The van der Waals surface area contributed by atoms with Crippen LogP contribution in [0.4, 0.5) is 0 Å². The lowest BCUT2D eigenvalue weighted by Gasteiger charge is -2.39. The van der Waals surface area contributed by atoms with Crippen molar-refractivity contribution >= 4 is 16.9 Å². The number of unbranched alkanes of at least 4 members (excludes halogenated alkanes) is 1. The summed E-state index contributed by atoms with van der Waals surface area (Å²) in [4.78, 5) is 22.3. The number of aliphatic carboxylic acids is 1. The van der Waals surface area contributed by atoms with Crippen LogP contribution < -0.4 is 4.74 Å². The number of nitrogens with zero attached hydrogens (tertiary/aromatic N) is 3. The first-order valence-corrected chi connectivity index (χ1v) is 13.5. The fourth-order valence-corrected chi connectivity index (χ4v) is 5.68. The van der Waals surface area contributed by atoms with Gasteiger partial charge in [0, 0.05) is 36.9 Å². The number of carboxylic acid groups (broad SMARTS) is 1. The first-order valence-electron chi connectivity index (χ1n) is 13.5. The Kier molecular flexibility index (Phi) is 9.85. The standard InChI is InChI=1S/C30H39N3O4/c1-37-25-7-8-28-27(20-25)26(13-17-32-28)29(34)9-5-23-14-19-33(21-24(23)6-10-30(35)36)18-3-2-4-22-11-15-31-16-12-22/h7-8,11-13,15-17,20,23-24,29,34H,2-6,9-10,14,18-19,21H2,1H3,(H,35,36)/t23-,24-,29-/m1/s1. The predicted molar refractivity (Wildman–Crippen MR) is 145 cm³/mol. The Bertz CT molecular complexity index is 1140. The molecule has 4 rings (SSSR count). The minimum atomic E-state index is -0.731. The predicted octanol–water partition coefficient (Wildman–Crippen LogP) is 5.28. The van der Waals surface area contributed by atoms with Crippen LogP contribution in [0, 0.1) is 11.8 Å². The number of carbonyl (C=O) groups is 1. The maximum absolute atomic E-state index is 11.3. The molecule has 7 heteroatoms. The second kappa shape index (κ2) is 13.5. The summed E-state index contributed by atoms with van der Waals surface area (Å²) in [5.74, 6) is 0.775. The van der Waals surface area contributed by atoms with Gasteiger partial charge >= 0.3 is 5.97 Å². The van der Waals surface area contributed by atoms with Crippen molar-refractivity contribution in [2.24, 2.45) is 11.8 Å². The van der Waals surface area contributed by atoms with Crippen molar-refractivity contribution in [3.05, 3.63) is 66.1 Å². The molecular formula is C30H39N3O4. The van der Waals surface area contributed by atoms with Gasteiger partial charge in [0.1, 0.15) is 5.75 Å². The Morgan fingerprint density at radius 2 is 1.95 bits per heavy atom. The van der Waals surface area contributed by atoms with Gasteiger partial charge in [-0.25, -0.2) is 0 Å². The number of methoxy groups -OCH3 is 1. The molecule has 0 unspecified atom stereocenters. The van der Waals surface area contributed by atoms with E-state index >= 15 is 0 Å². The zero-order chi connectivity index (χ0) is 26.0. The van der Waals surface area contributed by atoms with Gasteiger partial charge in [0.15, 0.2) is 0 Å². The Morgan fingerprint density at radius 1 is 1.11 bits per heavy atom. The summed E-state index contributed by atoms with van der Waals surface area (Å²) in [6.45, 7) is 3.03. The van der Waals surface area contributed by atoms with Gasteiger partial charge in [-0.2, -0.15) is 0 Å². The average Bonchev–Trinajstić information content (AvgIpc) is 2.93. The number of hydrogen-bond donors (Lipinski definition) is 2. The molecular weight excluding hydrogens is 466 g/mol. The van der Waals surface area contributed by atoms with Gasteiger partial charge in [0.2, 0.25) is 0 Å². The third kappa shape index (κ3) is 7.73. The number of pyridine rings is 2.